The van der Waals surface area contributed by atoms with Crippen LogP contribution in [0.5, 0.6) is 0 Å². The molecule has 0 amide bonds. The molecule has 1 aliphatic carbocycles. The zero-order valence-electron chi connectivity index (χ0n) is 7.68. The molecule has 2 rings (SSSR count). The minimum Gasteiger partial charge on any atom is -0.393 e. The third kappa shape index (κ3) is 2.59. The largest absolute Gasteiger partial charge is 0.393 e. The molecule has 84 valence electrons. The van der Waals surface area contributed by atoms with E-state index in [1.807, 2.05) is 0 Å². The van der Waals surface area contributed by atoms with E-state index in [2.05, 4.69) is 20.7 Å². The lowest BCUT2D eigenvalue weighted by Crippen LogP contribution is -2.46. The van der Waals surface area contributed by atoms with E-state index in [0.29, 0.717) is 17.1 Å². The third-order valence-corrected chi connectivity index (χ3v) is 5.88. The highest BCUT2D eigenvalue weighted by Crippen LogP contribution is 2.28. The lowest BCUT2D eigenvalue weighted by atomic mass is 9.91. The second kappa shape index (κ2) is 4.14. The number of hydrogen-bond donors (Lipinski definition) is 2. The van der Waals surface area contributed by atoms with Crippen LogP contribution in [0.25, 0.3) is 0 Å². The van der Waals surface area contributed by atoms with E-state index >= 15 is 0 Å². The molecular weight excluding hydrogens is 302 g/mol. The van der Waals surface area contributed by atoms with E-state index in [1.165, 1.54) is 11.3 Å². The van der Waals surface area contributed by atoms with Gasteiger partial charge in [0.25, 0.3) is 0 Å². The maximum absolute atomic E-state index is 11.8. The second-order valence-corrected chi connectivity index (χ2v) is 7.91. The average Bonchev–Trinajstić information content (AvgIpc) is 2.49. The molecular formula is C8H10BrNO3S2. The van der Waals surface area contributed by atoms with Gasteiger partial charge in [-0.2, -0.15) is 0 Å². The van der Waals surface area contributed by atoms with Crippen LogP contribution in [0.3, 0.4) is 0 Å². The smallest absolute Gasteiger partial charge is 0.250 e. The van der Waals surface area contributed by atoms with Gasteiger partial charge in [-0.15, -0.1) is 11.3 Å². The predicted molar refractivity (Wildman–Crippen MR) is 61.4 cm³/mol. The lowest BCUT2D eigenvalue weighted by molar-refractivity contribution is 0.0712. The fraction of sp³-hybridized carbons (Fsp3) is 0.500. The SMILES string of the molecule is O=S(=O)(NC1CC(O)C1)c1ccc(Br)s1. The van der Waals surface area contributed by atoms with Crippen molar-refractivity contribution in [3.05, 3.63) is 15.9 Å². The Hall–Kier alpha value is 0.0500. The summed E-state index contributed by atoms with van der Waals surface area (Å²) in [4.78, 5) is 0. The molecule has 1 heterocycles. The topological polar surface area (TPSA) is 66.4 Å². The average molecular weight is 312 g/mol. The Kier molecular flexibility index (Phi) is 3.18. The van der Waals surface area contributed by atoms with Crippen molar-refractivity contribution in [1.29, 1.82) is 0 Å². The fourth-order valence-electron chi connectivity index (χ4n) is 1.40. The van der Waals surface area contributed by atoms with Gasteiger partial charge in [0.15, 0.2) is 0 Å². The Morgan fingerprint density at radius 1 is 1.47 bits per heavy atom. The van der Waals surface area contributed by atoms with Crippen molar-refractivity contribution in [3.63, 3.8) is 0 Å². The first-order chi connectivity index (χ1) is 6.97. The van der Waals surface area contributed by atoms with E-state index in [0.717, 1.165) is 3.79 Å². The fourth-order valence-corrected chi connectivity index (χ4v) is 4.69. The molecule has 0 spiro atoms. The monoisotopic (exact) mass is 311 g/mol. The van der Waals surface area contributed by atoms with Crippen LogP contribution < -0.4 is 4.72 Å². The molecule has 0 atom stereocenters. The number of thiophene rings is 1. The molecule has 4 nitrogen and oxygen atoms in total. The van der Waals surface area contributed by atoms with Gasteiger partial charge in [0.2, 0.25) is 10.0 Å². The molecule has 0 unspecified atom stereocenters. The van der Waals surface area contributed by atoms with Crippen LogP contribution in [0.15, 0.2) is 20.1 Å². The van der Waals surface area contributed by atoms with Gasteiger partial charge in [-0.25, -0.2) is 13.1 Å². The van der Waals surface area contributed by atoms with Crippen molar-refractivity contribution in [2.24, 2.45) is 0 Å². The van der Waals surface area contributed by atoms with Gasteiger partial charge in [0.1, 0.15) is 4.21 Å². The standard InChI is InChI=1S/C8H10BrNO3S2/c9-7-1-2-8(14-7)15(12,13)10-5-3-6(11)4-5/h1-2,5-6,10-11H,3-4H2. The number of nitrogens with one attached hydrogen (secondary N) is 1. The molecule has 0 saturated heterocycles. The second-order valence-electron chi connectivity index (χ2n) is 3.50. The third-order valence-electron chi connectivity index (χ3n) is 2.25. The van der Waals surface area contributed by atoms with Crippen molar-refractivity contribution >= 4 is 37.3 Å². The van der Waals surface area contributed by atoms with Crippen molar-refractivity contribution < 1.29 is 13.5 Å². The summed E-state index contributed by atoms with van der Waals surface area (Å²) in [6.45, 7) is 0. The van der Waals surface area contributed by atoms with E-state index in [9.17, 15) is 8.42 Å². The summed E-state index contributed by atoms with van der Waals surface area (Å²) in [5.74, 6) is 0. The van der Waals surface area contributed by atoms with Crippen LogP contribution in [-0.2, 0) is 10.0 Å². The summed E-state index contributed by atoms with van der Waals surface area (Å²) >= 11 is 4.39. The number of rotatable bonds is 3. The minimum absolute atomic E-state index is 0.120. The number of aliphatic hydroxyl groups is 1. The van der Waals surface area contributed by atoms with Gasteiger partial charge in [0.05, 0.1) is 9.89 Å². The summed E-state index contributed by atoms with van der Waals surface area (Å²) in [5.41, 5.74) is 0. The zero-order chi connectivity index (χ0) is 11.1. The first kappa shape index (κ1) is 11.5. The summed E-state index contributed by atoms with van der Waals surface area (Å²) < 4.78 is 27.1. The Bertz CT molecular complexity index is 450. The molecule has 0 aliphatic heterocycles. The summed E-state index contributed by atoms with van der Waals surface area (Å²) in [5, 5.41) is 9.05. The quantitative estimate of drug-likeness (QED) is 0.884. The Morgan fingerprint density at radius 3 is 2.60 bits per heavy atom. The molecule has 0 aromatic carbocycles. The lowest BCUT2D eigenvalue weighted by Gasteiger charge is -2.31. The van der Waals surface area contributed by atoms with Crippen molar-refractivity contribution in [3.8, 4) is 0 Å². The number of hydrogen-bond acceptors (Lipinski definition) is 4. The molecule has 1 fully saturated rings. The summed E-state index contributed by atoms with van der Waals surface area (Å²) in [6, 6.07) is 3.15. The normalized spacial score (nSPS) is 26.3. The molecule has 15 heavy (non-hydrogen) atoms. The Morgan fingerprint density at radius 2 is 2.13 bits per heavy atom. The van der Waals surface area contributed by atoms with Gasteiger partial charge < -0.3 is 5.11 Å². The van der Waals surface area contributed by atoms with Gasteiger partial charge >= 0.3 is 0 Å². The van der Waals surface area contributed by atoms with Crippen LogP contribution in [0.2, 0.25) is 0 Å². The molecule has 0 radical (unpaired) electrons. The molecule has 7 heteroatoms. The molecule has 1 aromatic heterocycles. The Labute approximate surface area is 100 Å². The summed E-state index contributed by atoms with van der Waals surface area (Å²) in [6.07, 6.45) is 0.658. The van der Waals surface area contributed by atoms with Crippen molar-refractivity contribution in [2.45, 2.75) is 29.2 Å². The molecule has 1 aliphatic rings. The molecule has 2 N–H and O–H groups in total. The van der Waals surface area contributed by atoms with Crippen molar-refractivity contribution in [1.82, 2.24) is 4.72 Å². The first-order valence-electron chi connectivity index (χ1n) is 4.43. The number of aliphatic hydroxyl groups excluding tert-OH is 1. The summed E-state index contributed by atoms with van der Waals surface area (Å²) in [7, 11) is -3.40. The maximum atomic E-state index is 11.8. The highest BCUT2D eigenvalue weighted by atomic mass is 79.9. The van der Waals surface area contributed by atoms with E-state index < -0.39 is 10.0 Å². The van der Waals surface area contributed by atoms with Gasteiger partial charge in [-0.3, -0.25) is 0 Å². The molecule has 0 bridgehead atoms. The predicted octanol–water partition coefficient (Wildman–Crippen LogP) is 1.31. The zero-order valence-corrected chi connectivity index (χ0v) is 10.9. The minimum atomic E-state index is -3.40. The maximum Gasteiger partial charge on any atom is 0.250 e. The number of sulfonamides is 1. The Balaban J connectivity index is 2.07. The van der Waals surface area contributed by atoms with Crippen LogP contribution >= 0.6 is 27.3 Å². The number of halogens is 1. The van der Waals surface area contributed by atoms with Crippen molar-refractivity contribution in [2.75, 3.05) is 0 Å². The van der Waals surface area contributed by atoms with Crippen LogP contribution in [0.4, 0.5) is 0 Å². The highest BCUT2D eigenvalue weighted by molar-refractivity contribution is 9.11. The van der Waals surface area contributed by atoms with Crippen LogP contribution in [0.1, 0.15) is 12.8 Å². The van der Waals surface area contributed by atoms with Crippen LogP contribution in [-0.4, -0.2) is 25.7 Å². The molecule has 1 aromatic rings. The van der Waals surface area contributed by atoms with E-state index in [4.69, 9.17) is 5.11 Å². The van der Waals surface area contributed by atoms with Gasteiger partial charge in [-0.1, -0.05) is 0 Å². The van der Waals surface area contributed by atoms with Crippen LogP contribution in [0, 0.1) is 0 Å². The first-order valence-corrected chi connectivity index (χ1v) is 7.52. The molecule has 1 saturated carbocycles. The van der Waals surface area contributed by atoms with Gasteiger partial charge in [-0.05, 0) is 40.9 Å². The van der Waals surface area contributed by atoms with E-state index in [1.54, 1.807) is 12.1 Å². The van der Waals surface area contributed by atoms with E-state index in [-0.39, 0.29) is 12.1 Å². The van der Waals surface area contributed by atoms with Gasteiger partial charge in [0, 0.05) is 6.04 Å². The highest BCUT2D eigenvalue weighted by Gasteiger charge is 2.31.